The first kappa shape index (κ1) is 13.5. The Balaban J connectivity index is 0.00000128. The van der Waals surface area contributed by atoms with Gasteiger partial charge in [0.1, 0.15) is 4.90 Å². The minimum absolute atomic E-state index is 0. The van der Waals surface area contributed by atoms with Crippen molar-refractivity contribution in [1.82, 2.24) is 0 Å². The Hall–Kier alpha value is -0.590. The third-order valence-corrected chi connectivity index (χ3v) is 3.11. The van der Waals surface area contributed by atoms with Gasteiger partial charge in [0.2, 0.25) is 0 Å². The minimum atomic E-state index is -4.20. The van der Waals surface area contributed by atoms with Crippen LogP contribution in [0, 0.1) is 0 Å². The smallest absolute Gasteiger partial charge is 1.00 e. The molecule has 0 spiro atoms. The van der Waals surface area contributed by atoms with E-state index in [-0.39, 0.29) is 35.9 Å². The minimum Gasteiger partial charge on any atom is -1.00 e. The molecule has 0 radical (unpaired) electrons. The summed E-state index contributed by atoms with van der Waals surface area (Å²) in [6.45, 7) is 0. The average molecular weight is 247 g/mol. The van der Waals surface area contributed by atoms with Gasteiger partial charge >= 0.3 is 29.6 Å². The Bertz CT molecular complexity index is 630. The molecule has 0 aliphatic heterocycles. The number of nitrogen functional groups attached to an aromatic ring is 1. The molecule has 2 rings (SSSR count). The summed E-state index contributed by atoms with van der Waals surface area (Å²) in [5.74, 6) is 0. The fourth-order valence-corrected chi connectivity index (χ4v) is 2.24. The van der Waals surface area contributed by atoms with E-state index in [1.807, 2.05) is 0 Å². The van der Waals surface area contributed by atoms with Gasteiger partial charge in [0.05, 0.1) is 0 Å². The first-order chi connectivity index (χ1) is 7.00. The van der Waals surface area contributed by atoms with Gasteiger partial charge in [-0.2, -0.15) is 8.42 Å². The fraction of sp³-hybridized carbons (Fsp3) is 0. The van der Waals surface area contributed by atoms with Gasteiger partial charge in [-0.25, -0.2) is 0 Å². The van der Waals surface area contributed by atoms with E-state index in [4.69, 9.17) is 10.3 Å². The maximum absolute atomic E-state index is 11.1. The molecule has 2 aromatic rings. The summed E-state index contributed by atoms with van der Waals surface area (Å²) in [6.07, 6.45) is 0. The summed E-state index contributed by atoms with van der Waals surface area (Å²) >= 11 is 0. The zero-order chi connectivity index (χ0) is 11.1. The Labute approximate surface area is 117 Å². The van der Waals surface area contributed by atoms with Crippen LogP contribution in [-0.4, -0.2) is 13.0 Å². The molecule has 0 amide bonds. The quantitative estimate of drug-likeness (QED) is 0.376. The predicted molar refractivity (Wildman–Crippen MR) is 59.3 cm³/mol. The maximum Gasteiger partial charge on any atom is 1.00 e. The predicted octanol–water partition coefficient (Wildman–Crippen LogP) is -1.21. The van der Waals surface area contributed by atoms with Crippen LogP contribution in [0.15, 0.2) is 41.3 Å². The standard InChI is InChI=1S/C10H9NO3S.Na.H/c11-9-5-1-4-8-7(9)3-2-6-10(8)15(12,13)14;;/h1-6H,11H2,(H,12,13,14);;/q;+1;-1. The van der Waals surface area contributed by atoms with Crippen LogP contribution in [0.25, 0.3) is 10.8 Å². The molecule has 0 unspecified atom stereocenters. The molecule has 0 heterocycles. The van der Waals surface area contributed by atoms with E-state index in [9.17, 15) is 8.42 Å². The van der Waals surface area contributed by atoms with E-state index < -0.39 is 10.1 Å². The van der Waals surface area contributed by atoms with E-state index in [0.717, 1.165) is 0 Å². The Kier molecular flexibility index (Phi) is 3.98. The number of rotatable bonds is 1. The molecule has 6 heteroatoms. The molecule has 0 aromatic heterocycles. The SMILES string of the molecule is Nc1cccc2c(S(=O)(=O)O)cccc12.[H-].[Na+]. The van der Waals surface area contributed by atoms with Crippen molar-refractivity contribution in [2.24, 2.45) is 0 Å². The topological polar surface area (TPSA) is 80.4 Å². The molecular formula is C10H10NNaO3S. The maximum atomic E-state index is 11.1. The molecular weight excluding hydrogens is 237 g/mol. The third-order valence-electron chi connectivity index (χ3n) is 2.19. The van der Waals surface area contributed by atoms with Gasteiger partial charge in [-0.15, -0.1) is 0 Å². The monoisotopic (exact) mass is 247 g/mol. The summed E-state index contributed by atoms with van der Waals surface area (Å²) < 4.78 is 31.2. The Morgan fingerprint density at radius 3 is 2.25 bits per heavy atom. The van der Waals surface area contributed by atoms with Crippen LogP contribution in [0.5, 0.6) is 0 Å². The third kappa shape index (κ3) is 2.39. The van der Waals surface area contributed by atoms with E-state index in [1.54, 1.807) is 30.3 Å². The first-order valence-electron chi connectivity index (χ1n) is 4.25. The van der Waals surface area contributed by atoms with Crippen molar-refractivity contribution in [3.8, 4) is 0 Å². The summed E-state index contributed by atoms with van der Waals surface area (Å²) in [7, 11) is -4.20. The number of benzene rings is 2. The second-order valence-corrected chi connectivity index (χ2v) is 4.56. The number of nitrogens with two attached hydrogens (primary N) is 1. The number of hydrogen-bond donors (Lipinski definition) is 2. The Morgan fingerprint density at radius 2 is 1.62 bits per heavy atom. The van der Waals surface area contributed by atoms with Gasteiger partial charge in [-0.3, -0.25) is 4.55 Å². The van der Waals surface area contributed by atoms with E-state index >= 15 is 0 Å². The van der Waals surface area contributed by atoms with Gasteiger partial charge in [0.25, 0.3) is 10.1 Å². The molecule has 0 atom stereocenters. The van der Waals surface area contributed by atoms with Crippen molar-refractivity contribution in [3.05, 3.63) is 36.4 Å². The summed E-state index contributed by atoms with van der Waals surface area (Å²) in [6, 6.07) is 9.52. The van der Waals surface area contributed by atoms with Crippen LogP contribution in [0.2, 0.25) is 0 Å². The molecule has 0 fully saturated rings. The molecule has 16 heavy (non-hydrogen) atoms. The summed E-state index contributed by atoms with van der Waals surface area (Å²) in [5, 5.41) is 1.05. The van der Waals surface area contributed by atoms with Gasteiger partial charge in [0.15, 0.2) is 0 Å². The normalized spacial score (nSPS) is 11.1. The second-order valence-electron chi connectivity index (χ2n) is 3.17. The summed E-state index contributed by atoms with van der Waals surface area (Å²) in [4.78, 5) is -0.118. The largest absolute Gasteiger partial charge is 1.00 e. The molecule has 0 saturated carbocycles. The zero-order valence-electron chi connectivity index (χ0n) is 9.71. The van der Waals surface area contributed by atoms with E-state index in [0.29, 0.717) is 16.5 Å². The molecule has 2 aromatic carbocycles. The summed E-state index contributed by atoms with van der Waals surface area (Å²) in [5.41, 5.74) is 6.18. The first-order valence-corrected chi connectivity index (χ1v) is 5.69. The fourth-order valence-electron chi connectivity index (χ4n) is 1.53. The van der Waals surface area contributed by atoms with Crippen LogP contribution in [0.1, 0.15) is 1.43 Å². The van der Waals surface area contributed by atoms with Crippen molar-refractivity contribution >= 4 is 26.6 Å². The van der Waals surface area contributed by atoms with Gasteiger partial charge < -0.3 is 7.16 Å². The van der Waals surface area contributed by atoms with Crippen LogP contribution >= 0.6 is 0 Å². The van der Waals surface area contributed by atoms with Crippen molar-refractivity contribution < 1.29 is 44.0 Å². The van der Waals surface area contributed by atoms with Crippen molar-refractivity contribution in [2.45, 2.75) is 4.90 Å². The van der Waals surface area contributed by atoms with Gasteiger partial charge in [-0.1, -0.05) is 24.3 Å². The molecule has 0 aliphatic carbocycles. The van der Waals surface area contributed by atoms with Crippen LogP contribution in [0.4, 0.5) is 5.69 Å². The number of anilines is 1. The Morgan fingerprint density at radius 1 is 1.06 bits per heavy atom. The van der Waals surface area contributed by atoms with E-state index in [1.165, 1.54) is 6.07 Å². The van der Waals surface area contributed by atoms with Crippen molar-refractivity contribution in [2.75, 3.05) is 5.73 Å². The average Bonchev–Trinajstić information content (AvgIpc) is 2.16. The van der Waals surface area contributed by atoms with Crippen LogP contribution in [0.3, 0.4) is 0 Å². The van der Waals surface area contributed by atoms with Crippen molar-refractivity contribution in [3.63, 3.8) is 0 Å². The van der Waals surface area contributed by atoms with Crippen LogP contribution in [-0.2, 0) is 10.1 Å². The van der Waals surface area contributed by atoms with Crippen LogP contribution < -0.4 is 35.3 Å². The van der Waals surface area contributed by atoms with E-state index in [2.05, 4.69) is 0 Å². The molecule has 4 nitrogen and oxygen atoms in total. The molecule has 3 N–H and O–H groups in total. The number of hydrogen-bond acceptors (Lipinski definition) is 3. The van der Waals surface area contributed by atoms with Gasteiger partial charge in [-0.05, 0) is 12.1 Å². The van der Waals surface area contributed by atoms with Crippen molar-refractivity contribution in [1.29, 1.82) is 0 Å². The molecule has 0 bridgehead atoms. The number of fused-ring (bicyclic) bond motifs is 1. The second kappa shape index (κ2) is 4.73. The molecule has 0 saturated heterocycles. The molecule has 80 valence electrons. The van der Waals surface area contributed by atoms with Gasteiger partial charge in [0, 0.05) is 16.5 Å². The zero-order valence-corrected chi connectivity index (χ0v) is 11.5. The molecule has 0 aliphatic rings.